The van der Waals surface area contributed by atoms with Gasteiger partial charge in [-0.25, -0.2) is 15.8 Å². The molecule has 0 spiro atoms. The van der Waals surface area contributed by atoms with Gasteiger partial charge in [-0.1, -0.05) is 0 Å². The first-order valence-corrected chi connectivity index (χ1v) is 5.93. The SMILES string of the molecule is COc1c(NN)ncnc1NC1CCC(OC)C1. The molecule has 1 aliphatic carbocycles. The lowest BCUT2D eigenvalue weighted by atomic mass is 10.2. The fourth-order valence-corrected chi connectivity index (χ4v) is 2.25. The highest BCUT2D eigenvalue weighted by atomic mass is 16.5. The predicted molar refractivity (Wildman–Crippen MR) is 68.5 cm³/mol. The molecule has 1 aromatic rings. The number of rotatable bonds is 5. The number of methoxy groups -OCH3 is 2. The van der Waals surface area contributed by atoms with E-state index in [2.05, 4.69) is 20.7 Å². The lowest BCUT2D eigenvalue weighted by Crippen LogP contribution is -2.19. The summed E-state index contributed by atoms with van der Waals surface area (Å²) in [4.78, 5) is 8.19. The molecule has 7 heteroatoms. The molecule has 0 aliphatic heterocycles. The van der Waals surface area contributed by atoms with Gasteiger partial charge in [0.15, 0.2) is 11.6 Å². The summed E-state index contributed by atoms with van der Waals surface area (Å²) in [6.07, 6.45) is 4.85. The van der Waals surface area contributed by atoms with E-state index in [1.807, 2.05) is 0 Å². The second-order valence-electron chi connectivity index (χ2n) is 4.26. The molecule has 4 N–H and O–H groups in total. The molecule has 0 bridgehead atoms. The number of nitrogens with zero attached hydrogens (tertiary/aromatic N) is 2. The number of anilines is 2. The van der Waals surface area contributed by atoms with E-state index < -0.39 is 0 Å². The Kier molecular flexibility index (Phi) is 4.16. The Labute approximate surface area is 106 Å². The van der Waals surface area contributed by atoms with Gasteiger partial charge in [-0.05, 0) is 19.3 Å². The van der Waals surface area contributed by atoms with E-state index in [0.717, 1.165) is 19.3 Å². The van der Waals surface area contributed by atoms with E-state index in [-0.39, 0.29) is 0 Å². The van der Waals surface area contributed by atoms with Crippen molar-refractivity contribution in [3.05, 3.63) is 6.33 Å². The van der Waals surface area contributed by atoms with E-state index in [1.165, 1.54) is 6.33 Å². The molecule has 0 amide bonds. The fourth-order valence-electron chi connectivity index (χ4n) is 2.25. The third kappa shape index (κ3) is 2.62. The number of nitrogens with two attached hydrogens (primary N) is 1. The van der Waals surface area contributed by atoms with Gasteiger partial charge in [-0.3, -0.25) is 0 Å². The average Bonchev–Trinajstić information content (AvgIpc) is 2.86. The maximum absolute atomic E-state index is 5.38. The summed E-state index contributed by atoms with van der Waals surface area (Å²) in [7, 11) is 3.31. The minimum atomic E-state index is 0.322. The van der Waals surface area contributed by atoms with Crippen LogP contribution in [0.2, 0.25) is 0 Å². The smallest absolute Gasteiger partial charge is 0.205 e. The predicted octanol–water partition coefficient (Wildman–Crippen LogP) is 0.750. The largest absolute Gasteiger partial charge is 0.490 e. The van der Waals surface area contributed by atoms with Gasteiger partial charge in [-0.2, -0.15) is 0 Å². The second kappa shape index (κ2) is 5.83. The van der Waals surface area contributed by atoms with Crippen molar-refractivity contribution in [2.75, 3.05) is 25.0 Å². The van der Waals surface area contributed by atoms with Crippen molar-refractivity contribution in [2.24, 2.45) is 5.84 Å². The third-order valence-corrected chi connectivity index (χ3v) is 3.20. The standard InChI is InChI=1S/C11H19N5O2/c1-17-8-4-3-7(5-8)15-10-9(18-2)11(16-12)14-6-13-10/h6-8H,3-5,12H2,1-2H3,(H2,13,14,15,16). The van der Waals surface area contributed by atoms with Gasteiger partial charge in [0, 0.05) is 13.2 Å². The van der Waals surface area contributed by atoms with Gasteiger partial charge in [0.25, 0.3) is 0 Å². The van der Waals surface area contributed by atoms with Gasteiger partial charge in [0.1, 0.15) is 6.33 Å². The summed E-state index contributed by atoms with van der Waals surface area (Å²) in [5, 5.41) is 3.35. The summed E-state index contributed by atoms with van der Waals surface area (Å²) >= 11 is 0. The number of nitrogens with one attached hydrogen (secondary N) is 2. The van der Waals surface area contributed by atoms with Crippen LogP contribution in [0.15, 0.2) is 6.33 Å². The van der Waals surface area contributed by atoms with Crippen molar-refractivity contribution in [2.45, 2.75) is 31.4 Å². The number of hydrogen-bond acceptors (Lipinski definition) is 7. The normalized spacial score (nSPS) is 22.8. The van der Waals surface area contributed by atoms with Crippen molar-refractivity contribution >= 4 is 11.6 Å². The molecule has 0 saturated heterocycles. The van der Waals surface area contributed by atoms with E-state index in [1.54, 1.807) is 14.2 Å². The summed E-state index contributed by atoms with van der Waals surface area (Å²) in [5.41, 5.74) is 2.49. The Bertz CT molecular complexity index is 401. The molecule has 100 valence electrons. The zero-order valence-corrected chi connectivity index (χ0v) is 10.6. The Morgan fingerprint density at radius 1 is 1.28 bits per heavy atom. The highest BCUT2D eigenvalue weighted by Gasteiger charge is 2.25. The maximum atomic E-state index is 5.38. The molecule has 18 heavy (non-hydrogen) atoms. The summed E-state index contributed by atoms with van der Waals surface area (Å²) in [6, 6.07) is 0.337. The van der Waals surface area contributed by atoms with Crippen LogP contribution >= 0.6 is 0 Å². The van der Waals surface area contributed by atoms with Crippen LogP contribution in [0.25, 0.3) is 0 Å². The monoisotopic (exact) mass is 253 g/mol. The Balaban J connectivity index is 2.09. The van der Waals surface area contributed by atoms with Crippen LogP contribution in [0.5, 0.6) is 5.75 Å². The molecule has 1 heterocycles. The molecule has 1 aromatic heterocycles. The molecule has 1 saturated carbocycles. The van der Waals surface area contributed by atoms with Crippen LogP contribution < -0.4 is 21.3 Å². The van der Waals surface area contributed by atoms with Crippen molar-refractivity contribution in [3.63, 3.8) is 0 Å². The van der Waals surface area contributed by atoms with Crippen LogP contribution in [-0.4, -0.2) is 36.3 Å². The zero-order chi connectivity index (χ0) is 13.0. The Hall–Kier alpha value is -1.60. The number of hydrogen-bond donors (Lipinski definition) is 3. The summed E-state index contributed by atoms with van der Waals surface area (Å²) < 4.78 is 10.6. The first kappa shape index (κ1) is 12.8. The number of aromatic nitrogens is 2. The first-order valence-electron chi connectivity index (χ1n) is 5.93. The second-order valence-corrected chi connectivity index (χ2v) is 4.26. The minimum absolute atomic E-state index is 0.322. The average molecular weight is 253 g/mol. The van der Waals surface area contributed by atoms with E-state index >= 15 is 0 Å². The molecule has 1 aliphatic rings. The van der Waals surface area contributed by atoms with Crippen LogP contribution in [0.1, 0.15) is 19.3 Å². The van der Waals surface area contributed by atoms with Gasteiger partial charge in [-0.15, -0.1) is 0 Å². The zero-order valence-electron chi connectivity index (χ0n) is 10.6. The van der Waals surface area contributed by atoms with Crippen LogP contribution in [0, 0.1) is 0 Å². The van der Waals surface area contributed by atoms with Crippen LogP contribution in [0.3, 0.4) is 0 Å². The Morgan fingerprint density at radius 2 is 2.06 bits per heavy atom. The lowest BCUT2D eigenvalue weighted by molar-refractivity contribution is 0.108. The van der Waals surface area contributed by atoms with E-state index in [9.17, 15) is 0 Å². The number of ether oxygens (including phenoxy) is 2. The minimum Gasteiger partial charge on any atom is -0.490 e. The molecular weight excluding hydrogens is 234 g/mol. The van der Waals surface area contributed by atoms with Crippen molar-refractivity contribution in [1.82, 2.24) is 9.97 Å². The summed E-state index contributed by atoms with van der Waals surface area (Å²) in [6.45, 7) is 0. The van der Waals surface area contributed by atoms with Crippen LogP contribution in [0.4, 0.5) is 11.6 Å². The quantitative estimate of drug-likeness (QED) is 0.526. The molecule has 2 atom stereocenters. The lowest BCUT2D eigenvalue weighted by Gasteiger charge is -2.17. The topological polar surface area (TPSA) is 94.3 Å². The molecule has 2 unspecified atom stereocenters. The fraction of sp³-hybridized carbons (Fsp3) is 0.636. The summed E-state index contributed by atoms with van der Waals surface area (Å²) in [5.74, 6) is 7.03. The van der Waals surface area contributed by atoms with Gasteiger partial charge in [0.05, 0.1) is 13.2 Å². The molecule has 0 radical (unpaired) electrons. The van der Waals surface area contributed by atoms with E-state index in [0.29, 0.717) is 29.5 Å². The number of hydrazine groups is 1. The van der Waals surface area contributed by atoms with Crippen molar-refractivity contribution in [1.29, 1.82) is 0 Å². The molecule has 1 fully saturated rings. The number of nitrogen functional groups attached to an aromatic ring is 1. The first-order chi connectivity index (χ1) is 8.78. The van der Waals surface area contributed by atoms with E-state index in [4.69, 9.17) is 15.3 Å². The maximum Gasteiger partial charge on any atom is 0.205 e. The molecule has 7 nitrogen and oxygen atoms in total. The Morgan fingerprint density at radius 3 is 2.67 bits per heavy atom. The van der Waals surface area contributed by atoms with Crippen molar-refractivity contribution in [3.8, 4) is 5.75 Å². The van der Waals surface area contributed by atoms with Gasteiger partial charge in [0.2, 0.25) is 5.75 Å². The third-order valence-electron chi connectivity index (χ3n) is 3.20. The molecular formula is C11H19N5O2. The van der Waals surface area contributed by atoms with Gasteiger partial charge < -0.3 is 20.2 Å². The van der Waals surface area contributed by atoms with Crippen molar-refractivity contribution < 1.29 is 9.47 Å². The molecule has 0 aromatic carbocycles. The highest BCUT2D eigenvalue weighted by Crippen LogP contribution is 2.31. The van der Waals surface area contributed by atoms with Crippen LogP contribution in [-0.2, 0) is 4.74 Å². The molecule has 2 rings (SSSR count). The highest BCUT2D eigenvalue weighted by molar-refractivity contribution is 5.63. The van der Waals surface area contributed by atoms with Gasteiger partial charge >= 0.3 is 0 Å².